The molecule has 1 aromatic heterocycles. The third kappa shape index (κ3) is 3.62. The molecule has 3 rings (SSSR count). The largest absolute Gasteiger partial charge is 0.466 e. The number of fused-ring (bicyclic) bond motifs is 1. The van der Waals surface area contributed by atoms with E-state index in [1.54, 1.807) is 0 Å². The van der Waals surface area contributed by atoms with Gasteiger partial charge in [-0.3, -0.25) is 4.79 Å². The number of aromatic nitrogens is 1. The molecule has 0 saturated carbocycles. The molecule has 0 fully saturated rings. The van der Waals surface area contributed by atoms with Crippen molar-refractivity contribution in [3.8, 4) is 0 Å². The topological polar surface area (TPSA) is 31.2 Å². The van der Waals surface area contributed by atoms with Gasteiger partial charge in [0.2, 0.25) is 0 Å². The van der Waals surface area contributed by atoms with E-state index < -0.39 is 0 Å². The van der Waals surface area contributed by atoms with Crippen molar-refractivity contribution < 1.29 is 9.53 Å². The van der Waals surface area contributed by atoms with Gasteiger partial charge in [-0.1, -0.05) is 48.5 Å². The van der Waals surface area contributed by atoms with Crippen LogP contribution in [0.4, 0.5) is 0 Å². The summed E-state index contributed by atoms with van der Waals surface area (Å²) in [4.78, 5) is 11.8. The molecule has 0 bridgehead atoms. The molecular formula is C20H21NO2. The fourth-order valence-electron chi connectivity index (χ4n) is 2.91. The molecular weight excluding hydrogens is 286 g/mol. The molecule has 0 N–H and O–H groups in total. The molecule has 0 aliphatic heterocycles. The van der Waals surface area contributed by atoms with Crippen LogP contribution in [0.1, 0.15) is 18.1 Å². The highest BCUT2D eigenvalue weighted by atomic mass is 16.5. The molecule has 23 heavy (non-hydrogen) atoms. The standard InChI is InChI=1S/C20H21NO2/c1-2-23-20(22)14-17-15-21(19-11-7-6-10-18(17)19)13-12-16-8-4-3-5-9-16/h3-11,15H,2,12-14H2,1H3. The Kier molecular flexibility index (Phi) is 4.77. The fraction of sp³-hybridized carbons (Fsp3) is 0.250. The zero-order valence-corrected chi connectivity index (χ0v) is 13.4. The third-order valence-electron chi connectivity index (χ3n) is 4.00. The van der Waals surface area contributed by atoms with E-state index in [1.165, 1.54) is 11.1 Å². The van der Waals surface area contributed by atoms with Crippen LogP contribution in [0.2, 0.25) is 0 Å². The number of rotatable bonds is 6. The summed E-state index contributed by atoms with van der Waals surface area (Å²) in [7, 11) is 0. The summed E-state index contributed by atoms with van der Waals surface area (Å²) in [5.41, 5.74) is 3.52. The van der Waals surface area contributed by atoms with Crippen molar-refractivity contribution in [2.75, 3.05) is 6.61 Å². The lowest BCUT2D eigenvalue weighted by molar-refractivity contribution is -0.142. The molecule has 0 amide bonds. The van der Waals surface area contributed by atoms with Crippen molar-refractivity contribution in [2.24, 2.45) is 0 Å². The van der Waals surface area contributed by atoms with Crippen molar-refractivity contribution in [3.05, 3.63) is 71.9 Å². The van der Waals surface area contributed by atoms with Crippen molar-refractivity contribution in [1.29, 1.82) is 0 Å². The van der Waals surface area contributed by atoms with Crippen LogP contribution in [0.3, 0.4) is 0 Å². The zero-order valence-electron chi connectivity index (χ0n) is 13.4. The molecule has 0 aliphatic carbocycles. The Morgan fingerprint density at radius 3 is 2.57 bits per heavy atom. The number of para-hydroxylation sites is 1. The maximum absolute atomic E-state index is 11.8. The summed E-state index contributed by atoms with van der Waals surface area (Å²) in [5.74, 6) is -0.168. The number of benzene rings is 2. The number of nitrogens with zero attached hydrogens (tertiary/aromatic N) is 1. The Balaban J connectivity index is 1.84. The van der Waals surface area contributed by atoms with Gasteiger partial charge in [-0.2, -0.15) is 0 Å². The van der Waals surface area contributed by atoms with Crippen LogP contribution >= 0.6 is 0 Å². The van der Waals surface area contributed by atoms with Crippen LogP contribution in [-0.2, 0) is 28.9 Å². The van der Waals surface area contributed by atoms with Crippen molar-refractivity contribution in [3.63, 3.8) is 0 Å². The zero-order chi connectivity index (χ0) is 16.1. The first-order valence-electron chi connectivity index (χ1n) is 8.04. The minimum absolute atomic E-state index is 0.168. The first-order chi connectivity index (χ1) is 11.3. The maximum Gasteiger partial charge on any atom is 0.310 e. The third-order valence-corrected chi connectivity index (χ3v) is 4.00. The highest BCUT2D eigenvalue weighted by Crippen LogP contribution is 2.22. The molecule has 0 atom stereocenters. The first kappa shape index (κ1) is 15.3. The molecule has 3 aromatic rings. The molecule has 0 aliphatic rings. The minimum atomic E-state index is -0.168. The summed E-state index contributed by atoms with van der Waals surface area (Å²) in [6, 6.07) is 18.7. The van der Waals surface area contributed by atoms with Crippen LogP contribution in [0, 0.1) is 0 Å². The second-order valence-electron chi connectivity index (χ2n) is 5.58. The van der Waals surface area contributed by atoms with Crippen LogP contribution < -0.4 is 0 Å². The van der Waals surface area contributed by atoms with Gasteiger partial charge in [0.1, 0.15) is 0 Å². The highest BCUT2D eigenvalue weighted by molar-refractivity contribution is 5.87. The van der Waals surface area contributed by atoms with Gasteiger partial charge in [0, 0.05) is 23.6 Å². The SMILES string of the molecule is CCOC(=O)Cc1cn(CCc2ccccc2)c2ccccc12. The molecule has 1 heterocycles. The van der Waals surface area contributed by atoms with Crippen LogP contribution in [0.25, 0.3) is 10.9 Å². The van der Waals surface area contributed by atoms with Crippen molar-refractivity contribution >= 4 is 16.9 Å². The second-order valence-corrected chi connectivity index (χ2v) is 5.58. The maximum atomic E-state index is 11.8. The van der Waals surface area contributed by atoms with E-state index in [1.807, 2.05) is 25.1 Å². The molecule has 0 saturated heterocycles. The monoisotopic (exact) mass is 307 g/mol. The van der Waals surface area contributed by atoms with Gasteiger partial charge in [-0.15, -0.1) is 0 Å². The summed E-state index contributed by atoms with van der Waals surface area (Å²) in [6.45, 7) is 3.15. The highest BCUT2D eigenvalue weighted by Gasteiger charge is 2.12. The second kappa shape index (κ2) is 7.14. The molecule has 2 aromatic carbocycles. The molecule has 3 nitrogen and oxygen atoms in total. The van der Waals surface area contributed by atoms with E-state index in [9.17, 15) is 4.79 Å². The lowest BCUT2D eigenvalue weighted by Gasteiger charge is -2.05. The Bertz CT molecular complexity index is 790. The smallest absolute Gasteiger partial charge is 0.310 e. The van der Waals surface area contributed by atoms with E-state index in [0.29, 0.717) is 13.0 Å². The summed E-state index contributed by atoms with van der Waals surface area (Å²) < 4.78 is 7.32. The Labute approximate surface area is 136 Å². The summed E-state index contributed by atoms with van der Waals surface area (Å²) >= 11 is 0. The number of hydrogen-bond donors (Lipinski definition) is 0. The first-order valence-corrected chi connectivity index (χ1v) is 8.04. The Hall–Kier alpha value is -2.55. The number of carbonyl (C=O) groups excluding carboxylic acids is 1. The predicted molar refractivity (Wildman–Crippen MR) is 92.4 cm³/mol. The van der Waals surface area contributed by atoms with Gasteiger partial charge < -0.3 is 9.30 Å². The van der Waals surface area contributed by atoms with E-state index in [2.05, 4.69) is 47.2 Å². The number of esters is 1. The van der Waals surface area contributed by atoms with Gasteiger partial charge in [-0.25, -0.2) is 0 Å². The Morgan fingerprint density at radius 2 is 1.78 bits per heavy atom. The molecule has 0 unspecified atom stereocenters. The normalized spacial score (nSPS) is 10.8. The van der Waals surface area contributed by atoms with Crippen molar-refractivity contribution in [2.45, 2.75) is 26.3 Å². The number of ether oxygens (including phenoxy) is 1. The van der Waals surface area contributed by atoms with E-state index in [-0.39, 0.29) is 5.97 Å². The van der Waals surface area contributed by atoms with Gasteiger partial charge in [0.05, 0.1) is 13.0 Å². The average molecular weight is 307 g/mol. The quantitative estimate of drug-likeness (QED) is 0.645. The molecule has 0 spiro atoms. The lowest BCUT2D eigenvalue weighted by Crippen LogP contribution is -2.07. The average Bonchev–Trinajstić information content (AvgIpc) is 2.92. The summed E-state index contributed by atoms with van der Waals surface area (Å²) in [5, 5.41) is 1.13. The van der Waals surface area contributed by atoms with E-state index in [0.717, 1.165) is 23.9 Å². The predicted octanol–water partition coefficient (Wildman–Crippen LogP) is 3.99. The van der Waals surface area contributed by atoms with Gasteiger partial charge >= 0.3 is 5.97 Å². The van der Waals surface area contributed by atoms with Gasteiger partial charge in [0.25, 0.3) is 0 Å². The Morgan fingerprint density at radius 1 is 1.04 bits per heavy atom. The number of aryl methyl sites for hydroxylation is 2. The van der Waals surface area contributed by atoms with Crippen LogP contribution in [-0.4, -0.2) is 17.1 Å². The van der Waals surface area contributed by atoms with Gasteiger partial charge in [-0.05, 0) is 30.5 Å². The fourth-order valence-corrected chi connectivity index (χ4v) is 2.91. The minimum Gasteiger partial charge on any atom is -0.466 e. The molecule has 3 heteroatoms. The number of hydrogen-bond acceptors (Lipinski definition) is 2. The van der Waals surface area contributed by atoms with E-state index >= 15 is 0 Å². The van der Waals surface area contributed by atoms with E-state index in [4.69, 9.17) is 4.74 Å². The van der Waals surface area contributed by atoms with Crippen molar-refractivity contribution in [1.82, 2.24) is 4.57 Å². The summed E-state index contributed by atoms with van der Waals surface area (Å²) in [6.07, 6.45) is 3.38. The van der Waals surface area contributed by atoms with Gasteiger partial charge in [0.15, 0.2) is 0 Å². The molecule has 0 radical (unpaired) electrons. The number of carbonyl (C=O) groups is 1. The molecule has 118 valence electrons. The lowest BCUT2D eigenvalue weighted by atomic mass is 10.1. The van der Waals surface area contributed by atoms with Crippen LogP contribution in [0.5, 0.6) is 0 Å². The van der Waals surface area contributed by atoms with Crippen LogP contribution in [0.15, 0.2) is 60.8 Å².